The number of nitrogens with zero attached hydrogens (tertiary/aromatic N) is 4. The summed E-state index contributed by atoms with van der Waals surface area (Å²) in [6.45, 7) is 5.24. The first kappa shape index (κ1) is 18.8. The topological polar surface area (TPSA) is 92.4 Å². The van der Waals surface area contributed by atoms with E-state index in [1.165, 1.54) is 6.20 Å². The Bertz CT molecular complexity index is 824. The molecule has 7 nitrogen and oxygen atoms in total. The quantitative estimate of drug-likeness (QED) is 0.892. The number of hydrogen-bond donors (Lipinski definition) is 1. The first-order valence-corrected chi connectivity index (χ1v) is 9.21. The Morgan fingerprint density at radius 3 is 2.70 bits per heavy atom. The Kier molecular flexibility index (Phi) is 5.69. The molecule has 0 bridgehead atoms. The molecule has 1 aromatic heterocycles. The molecule has 2 heterocycles. The zero-order valence-electron chi connectivity index (χ0n) is 15.8. The highest BCUT2D eigenvalue weighted by Crippen LogP contribution is 2.20. The molecule has 0 saturated carbocycles. The van der Waals surface area contributed by atoms with E-state index >= 15 is 0 Å². The van der Waals surface area contributed by atoms with Gasteiger partial charge in [-0.1, -0.05) is 37.3 Å². The molecule has 2 N–H and O–H groups in total. The Morgan fingerprint density at radius 2 is 2.04 bits per heavy atom. The van der Waals surface area contributed by atoms with Gasteiger partial charge in [-0.05, 0) is 18.9 Å². The third-order valence-electron chi connectivity index (χ3n) is 4.97. The third kappa shape index (κ3) is 4.24. The fourth-order valence-corrected chi connectivity index (χ4v) is 3.42. The predicted octanol–water partition coefficient (Wildman–Crippen LogP) is 2.02. The Labute approximate surface area is 159 Å². The molecule has 0 radical (unpaired) electrons. The van der Waals surface area contributed by atoms with Crippen LogP contribution in [0.1, 0.15) is 41.4 Å². The van der Waals surface area contributed by atoms with Gasteiger partial charge < -0.3 is 15.5 Å². The fourth-order valence-electron chi connectivity index (χ4n) is 3.42. The van der Waals surface area contributed by atoms with Crippen LogP contribution in [0.2, 0.25) is 0 Å². The third-order valence-corrected chi connectivity index (χ3v) is 4.97. The number of aryl methyl sites for hydroxylation is 1. The first-order chi connectivity index (χ1) is 13.0. The van der Waals surface area contributed by atoms with Gasteiger partial charge >= 0.3 is 0 Å². The number of amides is 2. The summed E-state index contributed by atoms with van der Waals surface area (Å²) in [4.78, 5) is 37.4. The highest BCUT2D eigenvalue weighted by Gasteiger charge is 2.31. The maximum atomic E-state index is 13.0. The number of rotatable bonds is 4. The number of nitrogen functional groups attached to an aromatic ring is 1. The highest BCUT2D eigenvalue weighted by molar-refractivity contribution is 5.95. The van der Waals surface area contributed by atoms with Crippen molar-refractivity contribution in [1.82, 2.24) is 19.8 Å². The standard InChI is InChI=1S/C20H25N5O2/c1-3-16-13-24(19(27)17-11-22-20(21)23-14(17)2)10-9-18(26)25(16)12-15-7-5-4-6-8-15/h4-8,11,16H,3,9-10,12-13H2,1-2H3,(H2,21,22,23)/t16-/m0/s1. The second kappa shape index (κ2) is 8.16. The van der Waals surface area contributed by atoms with E-state index in [0.717, 1.165) is 12.0 Å². The maximum absolute atomic E-state index is 13.0. The molecule has 2 amide bonds. The molecule has 1 aliphatic rings. The minimum Gasteiger partial charge on any atom is -0.368 e. The van der Waals surface area contributed by atoms with Crippen LogP contribution in [0, 0.1) is 6.92 Å². The first-order valence-electron chi connectivity index (χ1n) is 9.21. The van der Waals surface area contributed by atoms with E-state index in [1.807, 2.05) is 42.2 Å². The second-order valence-corrected chi connectivity index (χ2v) is 6.80. The summed E-state index contributed by atoms with van der Waals surface area (Å²) in [6.07, 6.45) is 2.55. The molecule has 7 heteroatoms. The fraction of sp³-hybridized carbons (Fsp3) is 0.400. The monoisotopic (exact) mass is 367 g/mol. The van der Waals surface area contributed by atoms with Crippen LogP contribution in [0.25, 0.3) is 0 Å². The zero-order chi connectivity index (χ0) is 19.4. The van der Waals surface area contributed by atoms with Crippen LogP contribution in [0.15, 0.2) is 36.5 Å². The van der Waals surface area contributed by atoms with Crippen LogP contribution >= 0.6 is 0 Å². The van der Waals surface area contributed by atoms with E-state index in [1.54, 1.807) is 11.8 Å². The van der Waals surface area contributed by atoms with E-state index in [4.69, 9.17) is 5.73 Å². The van der Waals surface area contributed by atoms with E-state index in [0.29, 0.717) is 37.3 Å². The average molecular weight is 367 g/mol. The molecule has 0 aliphatic carbocycles. The highest BCUT2D eigenvalue weighted by atomic mass is 16.2. The largest absolute Gasteiger partial charge is 0.368 e. The lowest BCUT2D eigenvalue weighted by atomic mass is 10.1. The molecule has 1 aliphatic heterocycles. The van der Waals surface area contributed by atoms with Crippen molar-refractivity contribution in [2.45, 2.75) is 39.3 Å². The number of nitrogens with two attached hydrogens (primary N) is 1. The number of carbonyl (C=O) groups is 2. The summed E-state index contributed by atoms with van der Waals surface area (Å²) in [7, 11) is 0. The Hall–Kier alpha value is -2.96. The minimum atomic E-state index is -0.152. The van der Waals surface area contributed by atoms with Gasteiger partial charge in [0.2, 0.25) is 11.9 Å². The Morgan fingerprint density at radius 1 is 1.30 bits per heavy atom. The van der Waals surface area contributed by atoms with Gasteiger partial charge in [-0.25, -0.2) is 9.97 Å². The van der Waals surface area contributed by atoms with Gasteiger partial charge in [0.05, 0.1) is 11.3 Å². The molecule has 3 rings (SSSR count). The summed E-state index contributed by atoms with van der Waals surface area (Å²) in [5, 5.41) is 0. The van der Waals surface area contributed by atoms with Crippen LogP contribution in [0.5, 0.6) is 0 Å². The summed E-state index contributed by atoms with van der Waals surface area (Å²) in [5.41, 5.74) is 7.66. The van der Waals surface area contributed by atoms with Crippen molar-refractivity contribution in [3.05, 3.63) is 53.3 Å². The van der Waals surface area contributed by atoms with Crippen molar-refractivity contribution in [3.63, 3.8) is 0 Å². The smallest absolute Gasteiger partial charge is 0.257 e. The maximum Gasteiger partial charge on any atom is 0.257 e. The lowest BCUT2D eigenvalue weighted by Gasteiger charge is -2.31. The van der Waals surface area contributed by atoms with Crippen LogP contribution in [0.4, 0.5) is 5.95 Å². The van der Waals surface area contributed by atoms with Gasteiger partial charge in [0.1, 0.15) is 0 Å². The predicted molar refractivity (Wildman–Crippen MR) is 103 cm³/mol. The summed E-state index contributed by atoms with van der Waals surface area (Å²) < 4.78 is 0. The van der Waals surface area contributed by atoms with Gasteiger partial charge in [0.15, 0.2) is 0 Å². The van der Waals surface area contributed by atoms with Gasteiger partial charge in [0, 0.05) is 38.3 Å². The lowest BCUT2D eigenvalue weighted by Crippen LogP contribution is -2.44. The van der Waals surface area contributed by atoms with E-state index in [-0.39, 0.29) is 23.8 Å². The van der Waals surface area contributed by atoms with Gasteiger partial charge in [0.25, 0.3) is 5.91 Å². The van der Waals surface area contributed by atoms with Gasteiger partial charge in [-0.15, -0.1) is 0 Å². The van der Waals surface area contributed by atoms with Crippen LogP contribution < -0.4 is 5.73 Å². The number of aromatic nitrogens is 2. The number of hydrogen-bond acceptors (Lipinski definition) is 5. The molecule has 1 saturated heterocycles. The number of anilines is 1. The minimum absolute atomic E-state index is 0.0286. The van der Waals surface area contributed by atoms with Gasteiger partial charge in [-0.3, -0.25) is 9.59 Å². The van der Waals surface area contributed by atoms with E-state index in [2.05, 4.69) is 9.97 Å². The average Bonchev–Trinajstić information content (AvgIpc) is 2.82. The van der Waals surface area contributed by atoms with Gasteiger partial charge in [-0.2, -0.15) is 0 Å². The molecule has 27 heavy (non-hydrogen) atoms. The zero-order valence-corrected chi connectivity index (χ0v) is 15.8. The summed E-state index contributed by atoms with van der Waals surface area (Å²) in [5.74, 6) is 0.0714. The SMILES string of the molecule is CC[C@H]1CN(C(=O)c2cnc(N)nc2C)CCC(=O)N1Cc1ccccc1. The molecular weight excluding hydrogens is 342 g/mol. The number of benzene rings is 1. The normalized spacial score (nSPS) is 17.7. The molecule has 1 aromatic carbocycles. The lowest BCUT2D eigenvalue weighted by molar-refractivity contribution is -0.133. The van der Waals surface area contributed by atoms with E-state index in [9.17, 15) is 9.59 Å². The molecular formula is C20H25N5O2. The molecule has 1 atom stereocenters. The van der Waals surface area contributed by atoms with Crippen molar-refractivity contribution < 1.29 is 9.59 Å². The van der Waals surface area contributed by atoms with Crippen molar-refractivity contribution in [3.8, 4) is 0 Å². The Balaban J connectivity index is 1.80. The molecule has 0 unspecified atom stereocenters. The van der Waals surface area contributed by atoms with Crippen LogP contribution in [-0.4, -0.2) is 50.7 Å². The summed E-state index contributed by atoms with van der Waals surface area (Å²) >= 11 is 0. The molecule has 1 fully saturated rings. The van der Waals surface area contributed by atoms with Crippen molar-refractivity contribution in [2.24, 2.45) is 0 Å². The summed E-state index contributed by atoms with van der Waals surface area (Å²) in [6, 6.07) is 9.91. The van der Waals surface area contributed by atoms with Crippen LogP contribution in [0.3, 0.4) is 0 Å². The molecule has 2 aromatic rings. The molecule has 0 spiro atoms. The van der Waals surface area contributed by atoms with Crippen molar-refractivity contribution >= 4 is 17.8 Å². The van der Waals surface area contributed by atoms with E-state index < -0.39 is 0 Å². The van der Waals surface area contributed by atoms with Crippen LogP contribution in [-0.2, 0) is 11.3 Å². The van der Waals surface area contributed by atoms with Crippen molar-refractivity contribution in [2.75, 3.05) is 18.8 Å². The second-order valence-electron chi connectivity index (χ2n) is 6.80. The van der Waals surface area contributed by atoms with Crippen molar-refractivity contribution in [1.29, 1.82) is 0 Å². The number of carbonyl (C=O) groups excluding carboxylic acids is 2. The molecule has 142 valence electrons.